The standard InChI is InChI=1S/C7H19N3O/c1-4-11-7-5-6-10(8-2)9-3/h8-9H,4-7H2,1-3H3. The molecule has 0 heterocycles. The van der Waals surface area contributed by atoms with Crippen LogP contribution >= 0.6 is 0 Å². The lowest BCUT2D eigenvalue weighted by atomic mass is 10.4. The first-order chi connectivity index (χ1) is 5.35. The van der Waals surface area contributed by atoms with Crippen LogP contribution in [-0.2, 0) is 4.74 Å². The van der Waals surface area contributed by atoms with E-state index in [1.165, 1.54) is 0 Å². The maximum atomic E-state index is 5.19. The minimum absolute atomic E-state index is 0.805. The van der Waals surface area contributed by atoms with Gasteiger partial charge in [-0.15, -0.1) is 0 Å². The first-order valence-corrected chi connectivity index (χ1v) is 4.05. The van der Waals surface area contributed by atoms with E-state index in [1.54, 1.807) is 0 Å². The van der Waals surface area contributed by atoms with Gasteiger partial charge in [0.25, 0.3) is 0 Å². The quantitative estimate of drug-likeness (QED) is 0.406. The molecule has 0 saturated carbocycles. The second kappa shape index (κ2) is 7.94. The fourth-order valence-corrected chi connectivity index (χ4v) is 0.804. The predicted octanol–water partition coefficient (Wildman–Crippen LogP) is -0.0162. The lowest BCUT2D eigenvalue weighted by Crippen LogP contribution is -2.44. The molecule has 0 aliphatic rings. The number of ether oxygens (including phenoxy) is 1. The third-order valence-corrected chi connectivity index (χ3v) is 1.41. The van der Waals surface area contributed by atoms with Gasteiger partial charge in [-0.3, -0.25) is 0 Å². The number of hydrogen-bond acceptors (Lipinski definition) is 4. The molecule has 2 N–H and O–H groups in total. The van der Waals surface area contributed by atoms with Crippen LogP contribution in [0.5, 0.6) is 0 Å². The van der Waals surface area contributed by atoms with E-state index >= 15 is 0 Å². The van der Waals surface area contributed by atoms with E-state index in [2.05, 4.69) is 10.9 Å². The normalized spacial score (nSPS) is 10.9. The van der Waals surface area contributed by atoms with Crippen LogP contribution in [-0.4, -0.2) is 39.0 Å². The molecule has 68 valence electrons. The van der Waals surface area contributed by atoms with Gasteiger partial charge in [-0.2, -0.15) is 5.12 Å². The Morgan fingerprint density at radius 3 is 2.36 bits per heavy atom. The zero-order valence-corrected chi connectivity index (χ0v) is 7.68. The Kier molecular flexibility index (Phi) is 7.83. The summed E-state index contributed by atoms with van der Waals surface area (Å²) < 4.78 is 5.19. The first kappa shape index (κ1) is 10.8. The van der Waals surface area contributed by atoms with Crippen LogP contribution in [0.4, 0.5) is 0 Å². The molecule has 0 atom stereocenters. The Labute approximate surface area is 68.8 Å². The van der Waals surface area contributed by atoms with Crippen LogP contribution in [0.25, 0.3) is 0 Å². The Bertz CT molecular complexity index is 76.1. The van der Waals surface area contributed by atoms with Crippen molar-refractivity contribution in [1.29, 1.82) is 0 Å². The van der Waals surface area contributed by atoms with Gasteiger partial charge in [0.2, 0.25) is 0 Å². The number of nitrogens with one attached hydrogen (secondary N) is 2. The number of hydrazine groups is 2. The van der Waals surface area contributed by atoms with E-state index in [-0.39, 0.29) is 0 Å². The van der Waals surface area contributed by atoms with Crippen molar-refractivity contribution in [2.24, 2.45) is 0 Å². The molecule has 4 heteroatoms. The monoisotopic (exact) mass is 161 g/mol. The highest BCUT2D eigenvalue weighted by molar-refractivity contribution is 4.41. The van der Waals surface area contributed by atoms with Crippen LogP contribution in [0.3, 0.4) is 0 Å². The highest BCUT2D eigenvalue weighted by Crippen LogP contribution is 1.83. The molecule has 0 aromatic carbocycles. The van der Waals surface area contributed by atoms with E-state index in [0.717, 1.165) is 26.2 Å². The molecule has 4 nitrogen and oxygen atoms in total. The topological polar surface area (TPSA) is 36.5 Å². The van der Waals surface area contributed by atoms with Crippen LogP contribution in [0.2, 0.25) is 0 Å². The molecule has 0 aliphatic carbocycles. The molecule has 0 fully saturated rings. The molecule has 0 unspecified atom stereocenters. The average molecular weight is 161 g/mol. The molecule has 0 aromatic heterocycles. The van der Waals surface area contributed by atoms with Gasteiger partial charge in [0, 0.05) is 33.9 Å². The molecular formula is C7H19N3O. The molecule has 0 spiro atoms. The molecule has 0 amide bonds. The number of nitrogens with zero attached hydrogens (tertiary/aromatic N) is 1. The maximum absolute atomic E-state index is 5.19. The summed E-state index contributed by atoms with van der Waals surface area (Å²) in [7, 11) is 3.77. The lowest BCUT2D eigenvalue weighted by Gasteiger charge is -2.18. The van der Waals surface area contributed by atoms with Crippen LogP contribution in [0.15, 0.2) is 0 Å². The number of rotatable bonds is 7. The van der Waals surface area contributed by atoms with E-state index in [0.29, 0.717) is 0 Å². The fourth-order valence-electron chi connectivity index (χ4n) is 0.804. The summed E-state index contributed by atoms with van der Waals surface area (Å²) in [6.07, 6.45) is 1.04. The molecule has 0 aliphatic heterocycles. The van der Waals surface area contributed by atoms with Crippen molar-refractivity contribution in [3.05, 3.63) is 0 Å². The molecular weight excluding hydrogens is 142 g/mol. The van der Waals surface area contributed by atoms with Crippen LogP contribution in [0.1, 0.15) is 13.3 Å². The Morgan fingerprint density at radius 1 is 1.27 bits per heavy atom. The van der Waals surface area contributed by atoms with Crippen molar-refractivity contribution in [3.63, 3.8) is 0 Å². The van der Waals surface area contributed by atoms with Crippen molar-refractivity contribution in [2.45, 2.75) is 13.3 Å². The summed E-state index contributed by atoms with van der Waals surface area (Å²) in [5, 5.41) is 1.92. The van der Waals surface area contributed by atoms with E-state index in [1.807, 2.05) is 26.1 Å². The van der Waals surface area contributed by atoms with E-state index < -0.39 is 0 Å². The summed E-state index contributed by atoms with van der Waals surface area (Å²) >= 11 is 0. The summed E-state index contributed by atoms with van der Waals surface area (Å²) in [6, 6.07) is 0. The Morgan fingerprint density at radius 2 is 1.91 bits per heavy atom. The molecule has 11 heavy (non-hydrogen) atoms. The van der Waals surface area contributed by atoms with Gasteiger partial charge < -0.3 is 4.74 Å². The maximum Gasteiger partial charge on any atom is 0.0479 e. The smallest absolute Gasteiger partial charge is 0.0479 e. The van der Waals surface area contributed by atoms with Gasteiger partial charge in [-0.1, -0.05) is 0 Å². The Hall–Kier alpha value is -0.160. The second-order valence-corrected chi connectivity index (χ2v) is 2.15. The third-order valence-electron chi connectivity index (χ3n) is 1.41. The molecule has 0 aromatic rings. The van der Waals surface area contributed by atoms with Gasteiger partial charge in [0.15, 0.2) is 0 Å². The van der Waals surface area contributed by atoms with Gasteiger partial charge in [0.05, 0.1) is 0 Å². The highest BCUT2D eigenvalue weighted by atomic mass is 16.5. The zero-order valence-electron chi connectivity index (χ0n) is 7.68. The summed E-state index contributed by atoms with van der Waals surface area (Å²) in [5.41, 5.74) is 5.99. The lowest BCUT2D eigenvalue weighted by molar-refractivity contribution is 0.100. The van der Waals surface area contributed by atoms with Crippen molar-refractivity contribution >= 4 is 0 Å². The van der Waals surface area contributed by atoms with Gasteiger partial charge in [0.1, 0.15) is 0 Å². The minimum Gasteiger partial charge on any atom is -0.382 e. The SMILES string of the molecule is CCOCCCN(NC)NC. The fraction of sp³-hybridized carbons (Fsp3) is 1.00. The van der Waals surface area contributed by atoms with Gasteiger partial charge in [-0.05, 0) is 13.3 Å². The van der Waals surface area contributed by atoms with Crippen LogP contribution < -0.4 is 10.9 Å². The Balaban J connectivity index is 3.07. The average Bonchev–Trinajstić information content (AvgIpc) is 2.05. The summed E-state index contributed by atoms with van der Waals surface area (Å²) in [5.74, 6) is 0. The first-order valence-electron chi connectivity index (χ1n) is 4.05. The third kappa shape index (κ3) is 6.25. The van der Waals surface area contributed by atoms with E-state index in [9.17, 15) is 0 Å². The second-order valence-electron chi connectivity index (χ2n) is 2.15. The zero-order chi connectivity index (χ0) is 8.53. The molecule has 0 rings (SSSR count). The van der Waals surface area contributed by atoms with Crippen molar-refractivity contribution in [2.75, 3.05) is 33.9 Å². The molecule has 0 saturated heterocycles. The van der Waals surface area contributed by atoms with Gasteiger partial charge >= 0.3 is 0 Å². The van der Waals surface area contributed by atoms with Gasteiger partial charge in [-0.25, -0.2) is 10.9 Å². The van der Waals surface area contributed by atoms with Crippen molar-refractivity contribution < 1.29 is 4.74 Å². The highest BCUT2D eigenvalue weighted by Gasteiger charge is 1.95. The number of hydrogen-bond donors (Lipinski definition) is 2. The molecule has 0 bridgehead atoms. The van der Waals surface area contributed by atoms with Crippen molar-refractivity contribution in [1.82, 2.24) is 16.0 Å². The summed E-state index contributed by atoms with van der Waals surface area (Å²) in [6.45, 7) is 4.59. The molecule has 0 radical (unpaired) electrons. The summed E-state index contributed by atoms with van der Waals surface area (Å²) in [4.78, 5) is 0. The van der Waals surface area contributed by atoms with Crippen molar-refractivity contribution in [3.8, 4) is 0 Å². The van der Waals surface area contributed by atoms with E-state index in [4.69, 9.17) is 4.74 Å². The predicted molar refractivity (Wildman–Crippen MR) is 45.9 cm³/mol. The minimum atomic E-state index is 0.805. The van der Waals surface area contributed by atoms with Crippen LogP contribution in [0, 0.1) is 0 Å². The largest absolute Gasteiger partial charge is 0.382 e.